The minimum absolute atomic E-state index is 0.369. The molecule has 0 atom stereocenters. The van der Waals surface area contributed by atoms with Gasteiger partial charge in [-0.3, -0.25) is 0 Å². The van der Waals surface area contributed by atoms with E-state index in [4.69, 9.17) is 0 Å². The van der Waals surface area contributed by atoms with E-state index in [2.05, 4.69) is 15.3 Å². The summed E-state index contributed by atoms with van der Waals surface area (Å²) < 4.78 is 1.21. The summed E-state index contributed by atoms with van der Waals surface area (Å²) >= 11 is 0. The lowest BCUT2D eigenvalue weighted by atomic mass is 10.1. The lowest BCUT2D eigenvalue weighted by Crippen LogP contribution is -2.39. The highest BCUT2D eigenvalue weighted by Gasteiger charge is 2.19. The number of nitrogens with zero attached hydrogens (tertiary/aromatic N) is 4. The summed E-state index contributed by atoms with van der Waals surface area (Å²) in [5.41, 5.74) is -0.720. The summed E-state index contributed by atoms with van der Waals surface area (Å²) in [4.78, 5) is 13.3. The molecule has 0 unspecified atom stereocenters. The number of rotatable bonds is 4. The van der Waals surface area contributed by atoms with Crippen LogP contribution in [0.15, 0.2) is 16.9 Å². The van der Waals surface area contributed by atoms with E-state index >= 15 is 0 Å². The van der Waals surface area contributed by atoms with Gasteiger partial charge in [-0.25, -0.2) is 9.89 Å². The minimum atomic E-state index is -0.825. The Morgan fingerprint density at radius 2 is 2.22 bits per heavy atom. The number of hydrogen-bond acceptors (Lipinski definition) is 5. The molecule has 0 saturated heterocycles. The summed E-state index contributed by atoms with van der Waals surface area (Å²) in [6.45, 7) is 6.57. The van der Waals surface area contributed by atoms with Crippen molar-refractivity contribution in [3.8, 4) is 0 Å². The van der Waals surface area contributed by atoms with Crippen LogP contribution in [0, 0.1) is 0 Å². The second-order valence-electron chi connectivity index (χ2n) is 4.82. The van der Waals surface area contributed by atoms with Crippen LogP contribution in [0.4, 0.5) is 5.82 Å². The molecular weight excluding hydrogens is 234 g/mol. The lowest BCUT2D eigenvalue weighted by molar-refractivity contribution is 0.0873. The molecule has 0 aliphatic rings. The first-order valence-electron chi connectivity index (χ1n) is 5.82. The topological polar surface area (TPSA) is 86.5 Å². The molecule has 2 aromatic heterocycles. The summed E-state index contributed by atoms with van der Waals surface area (Å²) in [5, 5.41) is 20.2. The van der Waals surface area contributed by atoms with E-state index in [-0.39, 0.29) is 5.69 Å². The zero-order valence-electron chi connectivity index (χ0n) is 10.7. The van der Waals surface area contributed by atoms with E-state index in [0.717, 1.165) is 0 Å². The molecule has 0 bridgehead atoms. The quantitative estimate of drug-likeness (QED) is 0.799. The van der Waals surface area contributed by atoms with Gasteiger partial charge in [-0.2, -0.15) is 9.61 Å². The van der Waals surface area contributed by atoms with Crippen molar-refractivity contribution in [3.63, 3.8) is 0 Å². The second-order valence-corrected chi connectivity index (χ2v) is 4.82. The van der Waals surface area contributed by atoms with Gasteiger partial charge in [0, 0.05) is 13.1 Å². The SMILES string of the molecule is CCN(CC(C)(C)O)c1ccc2n[nH]c(=O)n2n1. The molecule has 2 N–H and O–H groups in total. The molecule has 0 amide bonds. The monoisotopic (exact) mass is 251 g/mol. The van der Waals surface area contributed by atoms with Crippen LogP contribution in [0.5, 0.6) is 0 Å². The molecule has 7 nitrogen and oxygen atoms in total. The Labute approximate surface area is 104 Å². The van der Waals surface area contributed by atoms with Gasteiger partial charge in [0.1, 0.15) is 5.82 Å². The van der Waals surface area contributed by atoms with Crippen LogP contribution in [-0.2, 0) is 0 Å². The third-order valence-electron chi connectivity index (χ3n) is 2.54. The van der Waals surface area contributed by atoms with Crippen molar-refractivity contribution in [2.45, 2.75) is 26.4 Å². The first kappa shape index (κ1) is 12.6. The standard InChI is InChI=1S/C11H17N5O2/c1-4-15(7-11(2,3)18)9-6-5-8-12-13-10(17)16(8)14-9/h5-6,18H,4,7H2,1-3H3,(H,13,17). The van der Waals surface area contributed by atoms with Gasteiger partial charge in [0.2, 0.25) is 0 Å². The van der Waals surface area contributed by atoms with Gasteiger partial charge in [-0.15, -0.1) is 5.10 Å². The number of aromatic amines is 1. The van der Waals surface area contributed by atoms with Crippen LogP contribution < -0.4 is 10.6 Å². The van der Waals surface area contributed by atoms with Crippen LogP contribution in [0.3, 0.4) is 0 Å². The molecule has 98 valence electrons. The van der Waals surface area contributed by atoms with Crippen LogP contribution in [0.1, 0.15) is 20.8 Å². The predicted octanol–water partition coefficient (Wildman–Crippen LogP) is 0.0148. The molecule has 7 heteroatoms. The van der Waals surface area contributed by atoms with Crippen molar-refractivity contribution >= 4 is 11.5 Å². The molecule has 0 spiro atoms. The maximum absolute atomic E-state index is 11.4. The third-order valence-corrected chi connectivity index (χ3v) is 2.54. The number of H-pyrrole nitrogens is 1. The molecule has 2 aromatic rings. The maximum atomic E-state index is 11.4. The molecule has 0 saturated carbocycles. The normalized spacial score (nSPS) is 12.0. The van der Waals surface area contributed by atoms with E-state index < -0.39 is 5.60 Å². The van der Waals surface area contributed by atoms with Gasteiger partial charge in [-0.1, -0.05) is 0 Å². The van der Waals surface area contributed by atoms with Crippen molar-refractivity contribution in [1.29, 1.82) is 0 Å². The number of fused-ring (bicyclic) bond motifs is 1. The average molecular weight is 251 g/mol. The largest absolute Gasteiger partial charge is 0.389 e. The van der Waals surface area contributed by atoms with Gasteiger partial charge in [0.05, 0.1) is 5.60 Å². The molecule has 18 heavy (non-hydrogen) atoms. The van der Waals surface area contributed by atoms with Gasteiger partial charge in [0.15, 0.2) is 5.65 Å². The average Bonchev–Trinajstić information content (AvgIpc) is 2.66. The number of likely N-dealkylation sites (N-methyl/N-ethyl adjacent to an activating group) is 1. The fourth-order valence-corrected chi connectivity index (χ4v) is 1.78. The van der Waals surface area contributed by atoms with Crippen molar-refractivity contribution in [1.82, 2.24) is 19.8 Å². The van der Waals surface area contributed by atoms with Gasteiger partial charge >= 0.3 is 5.69 Å². The predicted molar refractivity (Wildman–Crippen MR) is 67.8 cm³/mol. The third kappa shape index (κ3) is 2.51. The van der Waals surface area contributed by atoms with Gasteiger partial charge in [-0.05, 0) is 32.9 Å². The maximum Gasteiger partial charge on any atom is 0.364 e. The Kier molecular flexibility index (Phi) is 3.08. The van der Waals surface area contributed by atoms with Crippen molar-refractivity contribution in [2.24, 2.45) is 0 Å². The van der Waals surface area contributed by atoms with Crippen molar-refractivity contribution < 1.29 is 5.11 Å². The second kappa shape index (κ2) is 4.41. The highest BCUT2D eigenvalue weighted by atomic mass is 16.3. The van der Waals surface area contributed by atoms with Crippen LogP contribution >= 0.6 is 0 Å². The number of aliphatic hydroxyl groups is 1. The Morgan fingerprint density at radius 1 is 1.50 bits per heavy atom. The Morgan fingerprint density at radius 3 is 2.83 bits per heavy atom. The molecule has 0 aromatic carbocycles. The molecule has 2 rings (SSSR count). The van der Waals surface area contributed by atoms with Crippen LogP contribution in [0.25, 0.3) is 5.65 Å². The fourth-order valence-electron chi connectivity index (χ4n) is 1.78. The zero-order chi connectivity index (χ0) is 13.3. The van der Waals surface area contributed by atoms with E-state index in [0.29, 0.717) is 24.6 Å². The zero-order valence-corrected chi connectivity index (χ0v) is 10.7. The van der Waals surface area contributed by atoms with E-state index in [1.165, 1.54) is 4.52 Å². The molecule has 0 aliphatic heterocycles. The highest BCUT2D eigenvalue weighted by Crippen LogP contribution is 2.14. The molecule has 0 fully saturated rings. The molecule has 0 radical (unpaired) electrons. The highest BCUT2D eigenvalue weighted by molar-refractivity contribution is 5.45. The summed E-state index contributed by atoms with van der Waals surface area (Å²) in [5.74, 6) is 0.635. The Bertz CT molecular complexity index is 595. The smallest absolute Gasteiger partial charge is 0.364 e. The molecule has 2 heterocycles. The van der Waals surface area contributed by atoms with Crippen LogP contribution in [0.2, 0.25) is 0 Å². The molecule has 0 aliphatic carbocycles. The van der Waals surface area contributed by atoms with Crippen molar-refractivity contribution in [3.05, 3.63) is 22.6 Å². The lowest BCUT2D eigenvalue weighted by Gasteiger charge is -2.28. The summed E-state index contributed by atoms with van der Waals surface area (Å²) in [6.07, 6.45) is 0. The van der Waals surface area contributed by atoms with Crippen LogP contribution in [-0.4, -0.2) is 43.6 Å². The first-order valence-corrected chi connectivity index (χ1v) is 5.82. The minimum Gasteiger partial charge on any atom is -0.389 e. The van der Waals surface area contributed by atoms with Gasteiger partial charge < -0.3 is 10.0 Å². The Balaban J connectivity index is 2.39. The number of hydrogen-bond donors (Lipinski definition) is 2. The summed E-state index contributed by atoms with van der Waals surface area (Å²) in [7, 11) is 0. The van der Waals surface area contributed by atoms with E-state index in [9.17, 15) is 9.90 Å². The van der Waals surface area contributed by atoms with Gasteiger partial charge in [0.25, 0.3) is 0 Å². The van der Waals surface area contributed by atoms with Crippen molar-refractivity contribution in [2.75, 3.05) is 18.0 Å². The fraction of sp³-hybridized carbons (Fsp3) is 0.545. The Hall–Kier alpha value is -1.89. The number of nitrogens with one attached hydrogen (secondary N) is 1. The number of anilines is 1. The first-order chi connectivity index (χ1) is 8.40. The molecular formula is C11H17N5O2. The van der Waals surface area contributed by atoms with E-state index in [1.54, 1.807) is 26.0 Å². The van der Waals surface area contributed by atoms with E-state index in [1.807, 2.05) is 11.8 Å². The number of aromatic nitrogens is 4. The summed E-state index contributed by atoms with van der Waals surface area (Å²) in [6, 6.07) is 3.50.